The van der Waals surface area contributed by atoms with Gasteiger partial charge in [0, 0.05) is 19.2 Å². The summed E-state index contributed by atoms with van der Waals surface area (Å²) in [6.07, 6.45) is 3.18. The van der Waals surface area contributed by atoms with Gasteiger partial charge < -0.3 is 10.3 Å². The van der Waals surface area contributed by atoms with Crippen molar-refractivity contribution in [3.05, 3.63) is 69.6 Å². The van der Waals surface area contributed by atoms with Crippen LogP contribution in [0, 0.1) is 5.92 Å². The van der Waals surface area contributed by atoms with Gasteiger partial charge in [-0.05, 0) is 54.5 Å². The Labute approximate surface area is 145 Å². The van der Waals surface area contributed by atoms with Crippen LogP contribution < -0.4 is 11.0 Å². The lowest BCUT2D eigenvalue weighted by atomic mass is 10.0. The second-order valence-corrected chi connectivity index (χ2v) is 6.81. The molecule has 5 nitrogen and oxygen atoms in total. The van der Waals surface area contributed by atoms with Crippen molar-refractivity contribution in [2.75, 3.05) is 6.54 Å². The van der Waals surface area contributed by atoms with Crippen LogP contribution in [-0.4, -0.2) is 22.0 Å². The fraction of sp³-hybridized carbons (Fsp3) is 0.300. The third kappa shape index (κ3) is 2.97. The van der Waals surface area contributed by atoms with Gasteiger partial charge in [0.1, 0.15) is 0 Å². The molecular formula is C20H21N3O2. The minimum absolute atomic E-state index is 0.0916. The zero-order valence-electron chi connectivity index (χ0n) is 14.2. The first kappa shape index (κ1) is 15.7. The van der Waals surface area contributed by atoms with Gasteiger partial charge in [-0.1, -0.05) is 24.3 Å². The number of hydrogen-bond acceptors (Lipinski definition) is 2. The summed E-state index contributed by atoms with van der Waals surface area (Å²) in [5.41, 5.74) is 4.78. The molecule has 1 amide bonds. The predicted octanol–water partition coefficient (Wildman–Crippen LogP) is 2.40. The van der Waals surface area contributed by atoms with Crippen molar-refractivity contribution in [3.63, 3.8) is 0 Å². The van der Waals surface area contributed by atoms with E-state index in [0.717, 1.165) is 30.3 Å². The summed E-state index contributed by atoms with van der Waals surface area (Å²) in [6.45, 7) is 0.668. The van der Waals surface area contributed by atoms with Crippen molar-refractivity contribution < 1.29 is 4.79 Å². The number of carbonyl (C=O) groups is 1. The van der Waals surface area contributed by atoms with E-state index in [1.807, 2.05) is 0 Å². The molecule has 25 heavy (non-hydrogen) atoms. The maximum atomic E-state index is 12.4. The summed E-state index contributed by atoms with van der Waals surface area (Å²) in [4.78, 5) is 26.8. The van der Waals surface area contributed by atoms with Gasteiger partial charge in [0.25, 0.3) is 5.91 Å². The molecule has 0 fully saturated rings. The number of aryl methyl sites for hydroxylation is 1. The van der Waals surface area contributed by atoms with Gasteiger partial charge in [-0.2, -0.15) is 0 Å². The molecule has 5 heteroatoms. The van der Waals surface area contributed by atoms with Crippen LogP contribution in [0.4, 0.5) is 0 Å². The first-order chi connectivity index (χ1) is 12.1. The highest BCUT2D eigenvalue weighted by Gasteiger charge is 2.20. The van der Waals surface area contributed by atoms with Gasteiger partial charge in [0.05, 0.1) is 11.0 Å². The van der Waals surface area contributed by atoms with Crippen LogP contribution in [-0.2, 0) is 19.9 Å². The number of nitrogens with zero attached hydrogens (tertiary/aromatic N) is 1. The van der Waals surface area contributed by atoms with Gasteiger partial charge in [0.2, 0.25) is 0 Å². The van der Waals surface area contributed by atoms with Crippen LogP contribution >= 0.6 is 0 Å². The summed E-state index contributed by atoms with van der Waals surface area (Å²) in [5, 5.41) is 3.01. The summed E-state index contributed by atoms with van der Waals surface area (Å²) in [7, 11) is 1.70. The SMILES string of the molecule is Cn1c(=O)[nH]c2ccc(C(=O)NCCC3Cc4ccccc4C3)cc21. The average Bonchev–Trinajstić information content (AvgIpc) is 3.15. The lowest BCUT2D eigenvalue weighted by Crippen LogP contribution is -2.26. The standard InChI is InChI=1S/C20H21N3O2/c1-23-18-12-16(6-7-17(18)22-20(23)25)19(24)21-9-8-13-10-14-4-2-3-5-15(14)11-13/h2-7,12-13H,8-11H2,1H3,(H,21,24)(H,22,25). The van der Waals surface area contributed by atoms with Gasteiger partial charge >= 0.3 is 5.69 Å². The van der Waals surface area contributed by atoms with Crippen LogP contribution in [0.25, 0.3) is 11.0 Å². The number of benzene rings is 2. The van der Waals surface area contributed by atoms with Gasteiger partial charge in [-0.25, -0.2) is 4.79 Å². The molecule has 0 spiro atoms. The van der Waals surface area contributed by atoms with Gasteiger partial charge in [0.15, 0.2) is 0 Å². The Kier molecular flexibility index (Phi) is 3.92. The summed E-state index contributed by atoms with van der Waals surface area (Å²) >= 11 is 0. The molecule has 1 aliphatic rings. The molecule has 0 radical (unpaired) electrons. The summed E-state index contributed by atoms with van der Waals surface area (Å²) < 4.78 is 1.52. The van der Waals surface area contributed by atoms with E-state index in [9.17, 15) is 9.59 Å². The lowest BCUT2D eigenvalue weighted by molar-refractivity contribution is 0.0951. The average molecular weight is 335 g/mol. The molecule has 2 N–H and O–H groups in total. The molecule has 3 aromatic rings. The number of hydrogen-bond donors (Lipinski definition) is 2. The quantitative estimate of drug-likeness (QED) is 0.769. The zero-order chi connectivity index (χ0) is 17.4. The monoisotopic (exact) mass is 335 g/mol. The van der Waals surface area contributed by atoms with Crippen LogP contribution in [0.2, 0.25) is 0 Å². The Hall–Kier alpha value is -2.82. The number of carbonyl (C=O) groups excluding carboxylic acids is 1. The molecule has 0 unspecified atom stereocenters. The normalized spacial score (nSPS) is 14.0. The van der Waals surface area contributed by atoms with E-state index in [2.05, 4.69) is 34.6 Å². The molecule has 0 atom stereocenters. The number of nitrogens with one attached hydrogen (secondary N) is 2. The second-order valence-electron chi connectivity index (χ2n) is 6.81. The Morgan fingerprint density at radius 2 is 1.92 bits per heavy atom. The van der Waals surface area contributed by atoms with Crippen molar-refractivity contribution >= 4 is 16.9 Å². The van der Waals surface area contributed by atoms with Crippen molar-refractivity contribution in [1.82, 2.24) is 14.9 Å². The fourth-order valence-corrected chi connectivity index (χ4v) is 3.71. The predicted molar refractivity (Wildman–Crippen MR) is 97.8 cm³/mol. The maximum absolute atomic E-state index is 12.4. The number of aromatic amines is 1. The Balaban J connectivity index is 1.37. The van der Waals surface area contributed by atoms with Crippen LogP contribution in [0.1, 0.15) is 27.9 Å². The smallest absolute Gasteiger partial charge is 0.326 e. The van der Waals surface area contributed by atoms with E-state index >= 15 is 0 Å². The van der Waals surface area contributed by atoms with Crippen molar-refractivity contribution in [2.45, 2.75) is 19.3 Å². The fourth-order valence-electron chi connectivity index (χ4n) is 3.71. The first-order valence-corrected chi connectivity index (χ1v) is 8.65. The molecule has 1 aliphatic carbocycles. The van der Waals surface area contributed by atoms with E-state index < -0.39 is 0 Å². The van der Waals surface area contributed by atoms with Crippen molar-refractivity contribution in [3.8, 4) is 0 Å². The van der Waals surface area contributed by atoms with E-state index in [4.69, 9.17) is 0 Å². The van der Waals surface area contributed by atoms with Crippen LogP contribution in [0.15, 0.2) is 47.3 Å². The molecule has 0 aliphatic heterocycles. The molecule has 128 valence electrons. The van der Waals surface area contributed by atoms with E-state index in [1.54, 1.807) is 25.2 Å². The number of rotatable bonds is 4. The van der Waals surface area contributed by atoms with Crippen LogP contribution in [0.3, 0.4) is 0 Å². The van der Waals surface area contributed by atoms with Crippen LogP contribution in [0.5, 0.6) is 0 Å². The third-order valence-electron chi connectivity index (χ3n) is 5.14. The summed E-state index contributed by atoms with van der Waals surface area (Å²) in [5.74, 6) is 0.511. The van der Waals surface area contributed by atoms with Gasteiger partial charge in [-0.15, -0.1) is 0 Å². The maximum Gasteiger partial charge on any atom is 0.326 e. The molecule has 0 saturated carbocycles. The Morgan fingerprint density at radius 1 is 1.20 bits per heavy atom. The molecular weight excluding hydrogens is 314 g/mol. The lowest BCUT2D eigenvalue weighted by Gasteiger charge is -2.10. The highest BCUT2D eigenvalue weighted by atomic mass is 16.2. The highest BCUT2D eigenvalue weighted by Crippen LogP contribution is 2.28. The second kappa shape index (κ2) is 6.24. The van der Waals surface area contributed by atoms with E-state index in [0.29, 0.717) is 18.0 Å². The van der Waals surface area contributed by atoms with Crippen molar-refractivity contribution in [1.29, 1.82) is 0 Å². The molecule has 4 rings (SSSR count). The summed E-state index contributed by atoms with van der Waals surface area (Å²) in [6, 6.07) is 13.9. The number of amides is 1. The largest absolute Gasteiger partial charge is 0.352 e. The number of fused-ring (bicyclic) bond motifs is 2. The number of aromatic nitrogens is 2. The Morgan fingerprint density at radius 3 is 2.64 bits per heavy atom. The van der Waals surface area contributed by atoms with E-state index in [-0.39, 0.29) is 11.6 Å². The molecule has 0 saturated heterocycles. The molecule has 2 aromatic carbocycles. The number of H-pyrrole nitrogens is 1. The van der Waals surface area contributed by atoms with Crippen molar-refractivity contribution in [2.24, 2.45) is 13.0 Å². The molecule has 1 aromatic heterocycles. The minimum Gasteiger partial charge on any atom is -0.352 e. The van der Waals surface area contributed by atoms with Gasteiger partial charge in [-0.3, -0.25) is 9.36 Å². The number of imidazole rings is 1. The highest BCUT2D eigenvalue weighted by molar-refractivity contribution is 5.97. The van der Waals surface area contributed by atoms with E-state index in [1.165, 1.54) is 15.7 Å². The first-order valence-electron chi connectivity index (χ1n) is 8.65. The molecule has 1 heterocycles. The Bertz CT molecular complexity index is 975. The zero-order valence-corrected chi connectivity index (χ0v) is 14.2. The minimum atomic E-state index is -0.173. The topological polar surface area (TPSA) is 66.9 Å². The third-order valence-corrected chi connectivity index (χ3v) is 5.14. The molecule has 0 bridgehead atoms.